The number of hydrogen-bond donors (Lipinski definition) is 2. The summed E-state index contributed by atoms with van der Waals surface area (Å²) in [5, 5.41) is 14.2. The smallest absolute Gasteiger partial charge is 0.201 e. The van der Waals surface area contributed by atoms with Gasteiger partial charge in [0.15, 0.2) is 0 Å². The van der Waals surface area contributed by atoms with Crippen LogP contribution in [0.25, 0.3) is 0 Å². The Bertz CT molecular complexity index is 935. The van der Waals surface area contributed by atoms with Crippen LogP contribution in [0.4, 0.5) is 4.39 Å². The molecule has 1 aliphatic heterocycles. The minimum absolute atomic E-state index is 0.0999. The van der Waals surface area contributed by atoms with Gasteiger partial charge >= 0.3 is 0 Å². The summed E-state index contributed by atoms with van der Waals surface area (Å²) in [6.07, 6.45) is 0.612. The zero-order chi connectivity index (χ0) is 21.2. The van der Waals surface area contributed by atoms with Gasteiger partial charge in [-0.25, -0.2) is 9.38 Å². The van der Waals surface area contributed by atoms with Gasteiger partial charge in [-0.2, -0.15) is 0 Å². The summed E-state index contributed by atoms with van der Waals surface area (Å²) in [6.45, 7) is 5.96. The van der Waals surface area contributed by atoms with E-state index in [4.69, 9.17) is 16.6 Å². The molecule has 0 fully saturated rings. The highest BCUT2D eigenvalue weighted by Crippen LogP contribution is 2.29. The first-order chi connectivity index (χ1) is 13.6. The van der Waals surface area contributed by atoms with Crippen molar-refractivity contribution in [3.8, 4) is 0 Å². The van der Waals surface area contributed by atoms with Crippen molar-refractivity contribution in [2.24, 2.45) is 9.98 Å². The number of nitrogens with one attached hydrogen (secondary N) is 1. The Labute approximate surface area is 175 Å². The molecule has 0 spiro atoms. The van der Waals surface area contributed by atoms with Gasteiger partial charge in [-0.15, -0.1) is 0 Å². The van der Waals surface area contributed by atoms with E-state index < -0.39 is 5.60 Å². The molecule has 2 N–H and O–H groups in total. The summed E-state index contributed by atoms with van der Waals surface area (Å²) >= 11 is 6.26. The molecule has 1 aliphatic rings. The minimum atomic E-state index is -1.06. The van der Waals surface area contributed by atoms with Gasteiger partial charge in [0.2, 0.25) is 5.96 Å². The molecule has 29 heavy (non-hydrogen) atoms. The van der Waals surface area contributed by atoms with Gasteiger partial charge in [0.05, 0.1) is 5.60 Å². The maximum Gasteiger partial charge on any atom is 0.201 e. The molecule has 7 heteroatoms. The van der Waals surface area contributed by atoms with Crippen molar-refractivity contribution in [3.05, 3.63) is 70.0 Å². The lowest BCUT2D eigenvalue weighted by Crippen LogP contribution is -2.51. The molecular weight excluding hydrogens is 391 g/mol. The number of benzene rings is 2. The molecule has 0 amide bonds. The topological polar surface area (TPSA) is 60.2 Å². The molecule has 0 radical (unpaired) electrons. The van der Waals surface area contributed by atoms with Crippen molar-refractivity contribution in [1.82, 2.24) is 10.2 Å². The number of aliphatic hydroxyl groups is 1. The summed E-state index contributed by atoms with van der Waals surface area (Å²) in [7, 11) is 1.93. The fraction of sp³-hybridized carbons (Fsp3) is 0.364. The van der Waals surface area contributed by atoms with Crippen molar-refractivity contribution < 1.29 is 9.50 Å². The Balaban J connectivity index is 1.80. The first-order valence-electron chi connectivity index (χ1n) is 9.54. The van der Waals surface area contributed by atoms with Crippen LogP contribution in [0.2, 0.25) is 5.02 Å². The van der Waals surface area contributed by atoms with Gasteiger partial charge < -0.3 is 15.3 Å². The number of hydrogen-bond acceptors (Lipinski definition) is 3. The Morgan fingerprint density at radius 3 is 2.59 bits per heavy atom. The lowest BCUT2D eigenvalue weighted by Gasteiger charge is -2.32. The van der Waals surface area contributed by atoms with E-state index in [2.05, 4.69) is 10.3 Å². The Kier molecular flexibility index (Phi) is 6.24. The van der Waals surface area contributed by atoms with Gasteiger partial charge in [0.1, 0.15) is 17.8 Å². The fourth-order valence-electron chi connectivity index (χ4n) is 3.06. The van der Waals surface area contributed by atoms with E-state index in [0.717, 1.165) is 11.1 Å². The first kappa shape index (κ1) is 21.3. The van der Waals surface area contributed by atoms with E-state index in [1.54, 1.807) is 32.0 Å². The number of guanidine groups is 1. The molecule has 0 bridgehead atoms. The molecular formula is C22H26ClFN4O. The normalized spacial score (nSPS) is 18.6. The van der Waals surface area contributed by atoms with Crippen LogP contribution in [0.5, 0.6) is 0 Å². The zero-order valence-electron chi connectivity index (χ0n) is 17.1. The summed E-state index contributed by atoms with van der Waals surface area (Å²) in [6, 6.07) is 12.0. The second-order valence-corrected chi connectivity index (χ2v) is 8.09. The molecule has 2 aromatic carbocycles. The Hall–Kier alpha value is -2.44. The Morgan fingerprint density at radius 2 is 1.93 bits per heavy atom. The highest BCUT2D eigenvalue weighted by molar-refractivity contribution is 6.31. The largest absolute Gasteiger partial charge is 0.386 e. The van der Waals surface area contributed by atoms with Gasteiger partial charge in [0, 0.05) is 29.7 Å². The Morgan fingerprint density at radius 1 is 1.24 bits per heavy atom. The maximum absolute atomic E-state index is 13.0. The van der Waals surface area contributed by atoms with E-state index in [1.807, 2.05) is 31.0 Å². The zero-order valence-corrected chi connectivity index (χ0v) is 17.8. The predicted octanol–water partition coefficient (Wildman–Crippen LogP) is 3.93. The number of rotatable bonds is 5. The summed E-state index contributed by atoms with van der Waals surface area (Å²) in [5.74, 6) is 1.15. The minimum Gasteiger partial charge on any atom is -0.386 e. The molecule has 0 aromatic heterocycles. The van der Waals surface area contributed by atoms with Crippen molar-refractivity contribution in [1.29, 1.82) is 0 Å². The lowest BCUT2D eigenvalue weighted by atomic mass is 9.96. The molecule has 0 aliphatic carbocycles. The van der Waals surface area contributed by atoms with Crippen molar-refractivity contribution in [2.45, 2.75) is 39.0 Å². The fourth-order valence-corrected chi connectivity index (χ4v) is 3.41. The van der Waals surface area contributed by atoms with Gasteiger partial charge in [-0.3, -0.25) is 4.99 Å². The van der Waals surface area contributed by atoms with Crippen LogP contribution in [-0.4, -0.2) is 41.6 Å². The molecule has 5 nitrogen and oxygen atoms in total. The number of amidine groups is 1. The second kappa shape index (κ2) is 8.51. The average molecular weight is 417 g/mol. The maximum atomic E-state index is 13.0. The van der Waals surface area contributed by atoms with E-state index in [1.165, 1.54) is 12.1 Å². The van der Waals surface area contributed by atoms with Crippen LogP contribution >= 0.6 is 11.6 Å². The summed E-state index contributed by atoms with van der Waals surface area (Å²) in [4.78, 5) is 11.3. The van der Waals surface area contributed by atoms with E-state index in [9.17, 15) is 9.50 Å². The quantitative estimate of drug-likeness (QED) is 0.776. The van der Waals surface area contributed by atoms with Crippen LogP contribution < -0.4 is 5.32 Å². The number of nitrogens with zero attached hydrogens (tertiary/aromatic N) is 3. The van der Waals surface area contributed by atoms with Gasteiger partial charge in [-0.05, 0) is 63.1 Å². The van der Waals surface area contributed by atoms with Crippen molar-refractivity contribution in [3.63, 3.8) is 0 Å². The molecule has 1 heterocycles. The standard InChI is InChI=1S/C22H26ClFN4O/c1-14-26-20(16-7-10-19(23)18(13-16)22(2,3)29)27-21(28(14)4)25-12-11-15-5-8-17(24)9-6-15/h5-10,13-14,29H,11-12H2,1-4H3,(H,25,26,27). The van der Waals surface area contributed by atoms with Gasteiger partial charge in [0.25, 0.3) is 0 Å². The summed E-state index contributed by atoms with van der Waals surface area (Å²) < 4.78 is 13.0. The van der Waals surface area contributed by atoms with E-state index >= 15 is 0 Å². The highest BCUT2D eigenvalue weighted by atomic mass is 35.5. The molecule has 0 saturated carbocycles. The molecule has 1 atom stereocenters. The third-order valence-corrected chi connectivity index (χ3v) is 5.24. The second-order valence-electron chi connectivity index (χ2n) is 7.68. The average Bonchev–Trinajstić information content (AvgIpc) is 2.66. The highest BCUT2D eigenvalue weighted by Gasteiger charge is 2.25. The third-order valence-electron chi connectivity index (χ3n) is 4.91. The first-order valence-corrected chi connectivity index (χ1v) is 9.92. The van der Waals surface area contributed by atoms with Crippen LogP contribution in [0.15, 0.2) is 52.4 Å². The molecule has 2 aromatic rings. The van der Waals surface area contributed by atoms with Crippen molar-refractivity contribution in [2.75, 3.05) is 13.6 Å². The van der Waals surface area contributed by atoms with E-state index in [0.29, 0.717) is 35.3 Å². The van der Waals surface area contributed by atoms with Crippen LogP contribution in [0, 0.1) is 5.82 Å². The van der Waals surface area contributed by atoms with E-state index in [-0.39, 0.29) is 12.0 Å². The number of aliphatic imine (C=N–C) groups is 2. The molecule has 154 valence electrons. The van der Waals surface area contributed by atoms with Crippen LogP contribution in [0.1, 0.15) is 37.5 Å². The number of halogens is 2. The van der Waals surface area contributed by atoms with Crippen LogP contribution in [-0.2, 0) is 12.0 Å². The summed E-state index contributed by atoms with van der Waals surface area (Å²) in [5.41, 5.74) is 1.44. The van der Waals surface area contributed by atoms with Gasteiger partial charge in [-0.1, -0.05) is 23.7 Å². The monoisotopic (exact) mass is 416 g/mol. The third kappa shape index (κ3) is 5.14. The van der Waals surface area contributed by atoms with Crippen molar-refractivity contribution >= 4 is 23.4 Å². The predicted molar refractivity (Wildman–Crippen MR) is 116 cm³/mol. The SMILES string of the molecule is CC1N=C(c2ccc(Cl)c(C(C)(C)O)c2)NC(=NCCc2ccc(F)cc2)N1C. The molecule has 3 rings (SSSR count). The lowest BCUT2D eigenvalue weighted by molar-refractivity contribution is 0.0787. The molecule has 1 unspecified atom stereocenters. The molecule has 0 saturated heterocycles. The van der Waals surface area contributed by atoms with Crippen LogP contribution in [0.3, 0.4) is 0 Å².